The van der Waals surface area contributed by atoms with Gasteiger partial charge in [0.1, 0.15) is 0 Å². The molecule has 1 heteroatoms. The lowest BCUT2D eigenvalue weighted by Crippen LogP contribution is -2.18. The Morgan fingerprint density at radius 1 is 1.00 bits per heavy atom. The molecule has 21 heavy (non-hydrogen) atoms. The van der Waals surface area contributed by atoms with E-state index in [2.05, 4.69) is 61.6 Å². The molecule has 0 saturated carbocycles. The SMILES string of the molecule is CCNC(C)c1ccccc1-c1ccc2c(c1)CCCC2. The molecule has 0 radical (unpaired) electrons. The Morgan fingerprint density at radius 3 is 2.57 bits per heavy atom. The van der Waals surface area contributed by atoms with Gasteiger partial charge in [-0.05, 0) is 67.0 Å². The first-order chi connectivity index (χ1) is 10.3. The number of benzene rings is 2. The molecule has 0 amide bonds. The van der Waals surface area contributed by atoms with Gasteiger partial charge < -0.3 is 5.32 Å². The van der Waals surface area contributed by atoms with Crippen LogP contribution in [0, 0.1) is 0 Å². The van der Waals surface area contributed by atoms with Crippen molar-refractivity contribution in [1.82, 2.24) is 5.32 Å². The smallest absolute Gasteiger partial charge is 0.0297 e. The molecule has 0 fully saturated rings. The molecule has 0 aliphatic heterocycles. The summed E-state index contributed by atoms with van der Waals surface area (Å²) in [5.74, 6) is 0. The standard InChI is InChI=1S/C20H25N/c1-3-21-15(2)19-10-6-7-11-20(19)18-13-12-16-8-4-5-9-17(16)14-18/h6-7,10-15,21H,3-5,8-9H2,1-2H3. The molecule has 0 saturated heterocycles. The molecule has 2 aromatic rings. The van der Waals surface area contributed by atoms with Crippen molar-refractivity contribution in [2.45, 2.75) is 45.6 Å². The van der Waals surface area contributed by atoms with Crippen molar-refractivity contribution in [3.63, 3.8) is 0 Å². The molecular formula is C20H25N. The van der Waals surface area contributed by atoms with Crippen LogP contribution in [0.5, 0.6) is 0 Å². The van der Waals surface area contributed by atoms with Gasteiger partial charge in [-0.2, -0.15) is 0 Å². The van der Waals surface area contributed by atoms with Crippen molar-refractivity contribution in [1.29, 1.82) is 0 Å². The third kappa shape index (κ3) is 3.03. The maximum absolute atomic E-state index is 3.53. The van der Waals surface area contributed by atoms with Crippen LogP contribution < -0.4 is 5.32 Å². The van der Waals surface area contributed by atoms with Gasteiger partial charge in [0.15, 0.2) is 0 Å². The fourth-order valence-electron chi connectivity index (χ4n) is 3.45. The van der Waals surface area contributed by atoms with Crippen LogP contribution in [-0.4, -0.2) is 6.54 Å². The molecular weight excluding hydrogens is 254 g/mol. The molecule has 0 heterocycles. The summed E-state index contributed by atoms with van der Waals surface area (Å²) in [5.41, 5.74) is 7.26. The normalized spacial score (nSPS) is 15.5. The van der Waals surface area contributed by atoms with Crippen LogP contribution in [0.25, 0.3) is 11.1 Å². The Morgan fingerprint density at radius 2 is 1.76 bits per heavy atom. The Kier molecular flexibility index (Phi) is 4.40. The highest BCUT2D eigenvalue weighted by molar-refractivity contribution is 5.69. The van der Waals surface area contributed by atoms with Gasteiger partial charge in [0, 0.05) is 6.04 Å². The van der Waals surface area contributed by atoms with E-state index in [1.54, 1.807) is 11.1 Å². The molecule has 1 atom stereocenters. The second-order valence-corrected chi connectivity index (χ2v) is 6.06. The van der Waals surface area contributed by atoms with E-state index in [-0.39, 0.29) is 0 Å². The third-order valence-electron chi connectivity index (χ3n) is 4.60. The minimum atomic E-state index is 0.391. The summed E-state index contributed by atoms with van der Waals surface area (Å²) >= 11 is 0. The third-order valence-corrected chi connectivity index (χ3v) is 4.60. The van der Waals surface area contributed by atoms with Crippen LogP contribution in [0.3, 0.4) is 0 Å². The Bertz CT molecular complexity index is 615. The maximum Gasteiger partial charge on any atom is 0.0297 e. The van der Waals surface area contributed by atoms with Crippen molar-refractivity contribution < 1.29 is 0 Å². The average molecular weight is 279 g/mol. The highest BCUT2D eigenvalue weighted by Gasteiger charge is 2.14. The minimum absolute atomic E-state index is 0.391. The van der Waals surface area contributed by atoms with Crippen LogP contribution in [0.1, 0.15) is 49.4 Å². The van der Waals surface area contributed by atoms with E-state index in [1.807, 2.05) is 0 Å². The molecule has 0 spiro atoms. The van der Waals surface area contributed by atoms with E-state index in [1.165, 1.54) is 42.4 Å². The summed E-state index contributed by atoms with van der Waals surface area (Å²) in [6.45, 7) is 5.42. The number of hydrogen-bond acceptors (Lipinski definition) is 1. The summed E-state index contributed by atoms with van der Waals surface area (Å²) in [4.78, 5) is 0. The second-order valence-electron chi connectivity index (χ2n) is 6.06. The average Bonchev–Trinajstić information content (AvgIpc) is 2.54. The first kappa shape index (κ1) is 14.3. The van der Waals surface area contributed by atoms with Crippen LogP contribution in [0.15, 0.2) is 42.5 Å². The van der Waals surface area contributed by atoms with Crippen LogP contribution in [-0.2, 0) is 12.8 Å². The quantitative estimate of drug-likeness (QED) is 0.839. The number of aryl methyl sites for hydroxylation is 2. The van der Waals surface area contributed by atoms with Gasteiger partial charge in [0.25, 0.3) is 0 Å². The molecule has 110 valence electrons. The second kappa shape index (κ2) is 6.44. The highest BCUT2D eigenvalue weighted by Crippen LogP contribution is 2.31. The first-order valence-corrected chi connectivity index (χ1v) is 8.24. The molecule has 1 aliphatic rings. The molecule has 1 aliphatic carbocycles. The predicted octanol–water partition coefficient (Wildman–Crippen LogP) is 4.90. The largest absolute Gasteiger partial charge is 0.310 e. The lowest BCUT2D eigenvalue weighted by molar-refractivity contribution is 0.599. The van der Waals surface area contributed by atoms with Gasteiger partial charge in [0.2, 0.25) is 0 Å². The zero-order chi connectivity index (χ0) is 14.7. The molecule has 1 nitrogen and oxygen atoms in total. The van der Waals surface area contributed by atoms with E-state index in [9.17, 15) is 0 Å². The fraction of sp³-hybridized carbons (Fsp3) is 0.400. The summed E-state index contributed by atoms with van der Waals surface area (Å²) in [7, 11) is 0. The minimum Gasteiger partial charge on any atom is -0.310 e. The van der Waals surface area contributed by atoms with Crippen LogP contribution in [0.2, 0.25) is 0 Å². The predicted molar refractivity (Wildman–Crippen MR) is 90.6 cm³/mol. The van der Waals surface area contributed by atoms with Crippen molar-refractivity contribution in [3.8, 4) is 11.1 Å². The zero-order valence-electron chi connectivity index (χ0n) is 13.2. The molecule has 2 aromatic carbocycles. The number of hydrogen-bond donors (Lipinski definition) is 1. The topological polar surface area (TPSA) is 12.0 Å². The molecule has 0 bridgehead atoms. The van der Waals surface area contributed by atoms with Crippen molar-refractivity contribution in [3.05, 3.63) is 59.2 Å². The summed E-state index contributed by atoms with van der Waals surface area (Å²) in [6, 6.07) is 16.3. The molecule has 1 N–H and O–H groups in total. The van der Waals surface area contributed by atoms with Gasteiger partial charge in [-0.25, -0.2) is 0 Å². The van der Waals surface area contributed by atoms with E-state index in [0.29, 0.717) is 6.04 Å². The van der Waals surface area contributed by atoms with Crippen LogP contribution >= 0.6 is 0 Å². The number of rotatable bonds is 4. The van der Waals surface area contributed by atoms with E-state index >= 15 is 0 Å². The van der Waals surface area contributed by atoms with Gasteiger partial charge in [-0.1, -0.05) is 49.4 Å². The Labute approximate surface area is 128 Å². The summed E-state index contributed by atoms with van der Waals surface area (Å²) in [6.07, 6.45) is 5.19. The zero-order valence-corrected chi connectivity index (χ0v) is 13.2. The number of nitrogens with one attached hydrogen (secondary N) is 1. The lowest BCUT2D eigenvalue weighted by atomic mass is 9.87. The van der Waals surface area contributed by atoms with Gasteiger partial charge >= 0.3 is 0 Å². The van der Waals surface area contributed by atoms with E-state index in [0.717, 1.165) is 6.54 Å². The lowest BCUT2D eigenvalue weighted by Gasteiger charge is -2.20. The van der Waals surface area contributed by atoms with Gasteiger partial charge in [-0.3, -0.25) is 0 Å². The van der Waals surface area contributed by atoms with E-state index in [4.69, 9.17) is 0 Å². The maximum atomic E-state index is 3.53. The van der Waals surface area contributed by atoms with E-state index < -0.39 is 0 Å². The van der Waals surface area contributed by atoms with Gasteiger partial charge in [0.05, 0.1) is 0 Å². The molecule has 3 rings (SSSR count). The van der Waals surface area contributed by atoms with Crippen molar-refractivity contribution in [2.75, 3.05) is 6.54 Å². The highest BCUT2D eigenvalue weighted by atomic mass is 14.9. The van der Waals surface area contributed by atoms with Crippen molar-refractivity contribution >= 4 is 0 Å². The number of fused-ring (bicyclic) bond motifs is 1. The summed E-state index contributed by atoms with van der Waals surface area (Å²) in [5, 5.41) is 3.53. The summed E-state index contributed by atoms with van der Waals surface area (Å²) < 4.78 is 0. The fourth-order valence-corrected chi connectivity index (χ4v) is 3.45. The van der Waals surface area contributed by atoms with Crippen LogP contribution in [0.4, 0.5) is 0 Å². The Hall–Kier alpha value is -1.60. The first-order valence-electron chi connectivity index (χ1n) is 8.24. The Balaban J connectivity index is 2.00. The van der Waals surface area contributed by atoms with Gasteiger partial charge in [-0.15, -0.1) is 0 Å². The van der Waals surface area contributed by atoms with Crippen molar-refractivity contribution in [2.24, 2.45) is 0 Å². The molecule has 1 unspecified atom stereocenters. The molecule has 0 aromatic heterocycles. The monoisotopic (exact) mass is 279 g/mol.